The average Bonchev–Trinajstić information content (AvgIpc) is 3.41. The molecule has 3 aromatic rings. The number of amides is 3. The molecule has 2 heterocycles. The van der Waals surface area contributed by atoms with Crippen molar-refractivity contribution < 1.29 is 42.9 Å². The lowest BCUT2D eigenvalue weighted by molar-refractivity contribution is -0.129. The van der Waals surface area contributed by atoms with Gasteiger partial charge in [0.2, 0.25) is 11.7 Å². The first-order chi connectivity index (χ1) is 22.0. The van der Waals surface area contributed by atoms with Crippen LogP contribution in [0.3, 0.4) is 0 Å². The summed E-state index contributed by atoms with van der Waals surface area (Å²) in [6, 6.07) is 8.33. The van der Waals surface area contributed by atoms with Gasteiger partial charge in [0.25, 0.3) is 18.3 Å². The van der Waals surface area contributed by atoms with Gasteiger partial charge in [0.15, 0.2) is 24.0 Å². The number of hydrogen-bond acceptors (Lipinski definition) is 9. The molecule has 0 unspecified atom stereocenters. The number of carbonyl (C=O) groups excluding carboxylic acids is 3. The second-order valence-electron chi connectivity index (χ2n) is 9.68. The van der Waals surface area contributed by atoms with Crippen LogP contribution in [0, 0.1) is 28.9 Å². The minimum Gasteiger partial charge on any atom is -0.483 e. The van der Waals surface area contributed by atoms with E-state index in [1.54, 1.807) is 6.07 Å². The van der Waals surface area contributed by atoms with E-state index < -0.39 is 47.8 Å². The van der Waals surface area contributed by atoms with Crippen molar-refractivity contribution in [3.63, 3.8) is 0 Å². The van der Waals surface area contributed by atoms with E-state index in [1.807, 2.05) is 0 Å². The average molecular weight is 662 g/mol. The normalized spacial score (nSPS) is 15.4. The number of rotatable bonds is 10. The standard InChI is InChI=1S/C28H28ClF2N7O5.CH2O2/c1-38-20(17-4-5-22(43-11-7-32)24(31)23(17)30)13-36-25(38)28(42)37-15-2-3-16(19(29)12-15)26(40)34-9-10-35-27(41)18-6-8-33-14-21(18)39;2-1-3/h2-5,12-13,18,21,33,39H,6,8-11,14H2,1H3,(H,34,40)(H,35,41)(H,37,42);1H,(H,2,3)/t18-,21-;/m0./s1. The predicted molar refractivity (Wildman–Crippen MR) is 160 cm³/mol. The summed E-state index contributed by atoms with van der Waals surface area (Å²) in [6.07, 6.45) is 0.967. The summed E-state index contributed by atoms with van der Waals surface area (Å²) in [5, 5.41) is 36.4. The number of anilines is 1. The van der Waals surface area contributed by atoms with Gasteiger partial charge in [-0.3, -0.25) is 19.2 Å². The Labute approximate surface area is 266 Å². The molecule has 14 nitrogen and oxygen atoms in total. The van der Waals surface area contributed by atoms with E-state index in [1.165, 1.54) is 48.1 Å². The largest absolute Gasteiger partial charge is 0.483 e. The molecule has 46 heavy (non-hydrogen) atoms. The number of carbonyl (C=O) groups is 4. The Morgan fingerprint density at radius 1 is 1.20 bits per heavy atom. The lowest BCUT2D eigenvalue weighted by Crippen LogP contribution is -2.48. The summed E-state index contributed by atoms with van der Waals surface area (Å²) in [6.45, 7) is 0.577. The molecule has 0 radical (unpaired) electrons. The number of hydrogen-bond donors (Lipinski definition) is 6. The molecule has 0 aliphatic carbocycles. The molecular formula is C29H30ClF2N7O7. The van der Waals surface area contributed by atoms with Crippen molar-refractivity contribution in [1.82, 2.24) is 25.5 Å². The molecule has 2 atom stereocenters. The minimum atomic E-state index is -1.28. The minimum absolute atomic E-state index is 0.0499. The predicted octanol–water partition coefficient (Wildman–Crippen LogP) is 1.69. The number of nitrogens with zero attached hydrogens (tertiary/aromatic N) is 3. The van der Waals surface area contributed by atoms with Crippen LogP contribution in [0.25, 0.3) is 11.3 Å². The first-order valence-corrected chi connectivity index (χ1v) is 14.0. The molecule has 17 heteroatoms. The summed E-state index contributed by atoms with van der Waals surface area (Å²) in [5.41, 5.74) is 0.332. The van der Waals surface area contributed by atoms with Gasteiger partial charge < -0.3 is 40.8 Å². The number of nitrogens with one attached hydrogen (secondary N) is 4. The number of nitriles is 1. The van der Waals surface area contributed by atoms with Crippen molar-refractivity contribution in [1.29, 1.82) is 5.26 Å². The Morgan fingerprint density at radius 3 is 2.59 bits per heavy atom. The van der Waals surface area contributed by atoms with Crippen LogP contribution in [-0.2, 0) is 16.6 Å². The van der Waals surface area contributed by atoms with Crippen molar-refractivity contribution in [2.75, 3.05) is 38.1 Å². The van der Waals surface area contributed by atoms with Crippen molar-refractivity contribution in [3.8, 4) is 23.1 Å². The SMILES string of the molecule is Cn1c(-c2ccc(OCC#N)c(F)c2F)cnc1C(=O)Nc1ccc(C(=O)NCCNC(=O)[C@H]2CCNC[C@@H]2O)c(Cl)c1.O=CO. The Kier molecular flexibility index (Phi) is 12.9. The molecule has 3 amide bonds. The van der Waals surface area contributed by atoms with E-state index in [-0.39, 0.29) is 58.8 Å². The molecule has 1 aliphatic rings. The first kappa shape index (κ1) is 35.4. The summed E-state index contributed by atoms with van der Waals surface area (Å²) in [4.78, 5) is 50.1. The lowest BCUT2D eigenvalue weighted by Gasteiger charge is -2.27. The van der Waals surface area contributed by atoms with Crippen molar-refractivity contribution in [2.24, 2.45) is 13.0 Å². The summed E-state index contributed by atoms with van der Waals surface area (Å²) < 4.78 is 35.3. The van der Waals surface area contributed by atoms with Gasteiger partial charge in [-0.25, -0.2) is 9.37 Å². The van der Waals surface area contributed by atoms with Crippen LogP contribution in [0.15, 0.2) is 36.5 Å². The zero-order valence-corrected chi connectivity index (χ0v) is 25.1. The van der Waals surface area contributed by atoms with Gasteiger partial charge in [-0.2, -0.15) is 9.65 Å². The molecule has 1 aromatic heterocycles. The monoisotopic (exact) mass is 661 g/mol. The number of β-amino-alcohol motifs (C(OH)–C–C–N with tert-alkyl or cyclic N) is 1. The Morgan fingerprint density at radius 2 is 1.91 bits per heavy atom. The van der Waals surface area contributed by atoms with E-state index in [0.717, 1.165) is 0 Å². The number of aliphatic hydroxyl groups excluding tert-OH is 1. The third-order valence-electron chi connectivity index (χ3n) is 6.77. The van der Waals surface area contributed by atoms with Crippen LogP contribution in [0.4, 0.5) is 14.5 Å². The molecule has 1 aliphatic heterocycles. The van der Waals surface area contributed by atoms with E-state index in [2.05, 4.69) is 26.3 Å². The molecule has 244 valence electrons. The van der Waals surface area contributed by atoms with Gasteiger partial charge >= 0.3 is 0 Å². The zero-order valence-electron chi connectivity index (χ0n) is 24.3. The maximum atomic E-state index is 14.7. The molecule has 0 spiro atoms. The van der Waals surface area contributed by atoms with Crippen molar-refractivity contribution in [3.05, 3.63) is 64.6 Å². The maximum Gasteiger partial charge on any atom is 0.291 e. The Bertz CT molecular complexity index is 1630. The maximum absolute atomic E-state index is 14.7. The fourth-order valence-corrected chi connectivity index (χ4v) is 4.79. The van der Waals surface area contributed by atoms with E-state index in [9.17, 15) is 28.3 Å². The van der Waals surface area contributed by atoms with Crippen LogP contribution in [0.1, 0.15) is 27.4 Å². The highest BCUT2D eigenvalue weighted by atomic mass is 35.5. The number of benzene rings is 2. The summed E-state index contributed by atoms with van der Waals surface area (Å²) >= 11 is 6.29. The molecular weight excluding hydrogens is 632 g/mol. The smallest absolute Gasteiger partial charge is 0.291 e. The molecule has 0 saturated carbocycles. The van der Waals surface area contributed by atoms with Crippen LogP contribution < -0.4 is 26.0 Å². The van der Waals surface area contributed by atoms with Gasteiger partial charge in [0.05, 0.1) is 34.5 Å². The molecule has 2 aromatic carbocycles. The van der Waals surface area contributed by atoms with E-state index in [0.29, 0.717) is 19.5 Å². The highest BCUT2D eigenvalue weighted by Crippen LogP contribution is 2.30. The number of aromatic nitrogens is 2. The van der Waals surface area contributed by atoms with Crippen molar-refractivity contribution in [2.45, 2.75) is 12.5 Å². The molecule has 0 bridgehead atoms. The van der Waals surface area contributed by atoms with Gasteiger partial charge in [0.1, 0.15) is 6.07 Å². The Balaban J connectivity index is 0.00000185. The highest BCUT2D eigenvalue weighted by Gasteiger charge is 2.29. The first-order valence-electron chi connectivity index (χ1n) is 13.7. The molecule has 1 saturated heterocycles. The molecule has 1 fully saturated rings. The molecule has 6 N–H and O–H groups in total. The quantitative estimate of drug-likeness (QED) is 0.137. The second kappa shape index (κ2) is 16.8. The number of ether oxygens (including phenoxy) is 1. The topological polar surface area (TPSA) is 208 Å². The number of piperidine rings is 1. The van der Waals surface area contributed by atoms with Crippen LogP contribution >= 0.6 is 11.6 Å². The van der Waals surface area contributed by atoms with Gasteiger partial charge in [0, 0.05) is 37.9 Å². The fraction of sp³-hybridized carbons (Fsp3) is 0.310. The van der Waals surface area contributed by atoms with E-state index >= 15 is 0 Å². The second-order valence-corrected chi connectivity index (χ2v) is 10.1. The van der Waals surface area contributed by atoms with Gasteiger partial charge in [-0.15, -0.1) is 0 Å². The van der Waals surface area contributed by atoms with Gasteiger partial charge in [-0.05, 0) is 43.3 Å². The zero-order chi connectivity index (χ0) is 33.8. The number of aliphatic hydroxyl groups is 1. The van der Waals surface area contributed by atoms with E-state index in [4.69, 9.17) is 31.5 Å². The van der Waals surface area contributed by atoms with Crippen LogP contribution in [0.2, 0.25) is 5.02 Å². The van der Waals surface area contributed by atoms with Crippen LogP contribution in [0.5, 0.6) is 5.75 Å². The number of carboxylic acid groups (broad SMARTS) is 1. The number of imidazole rings is 1. The third kappa shape index (κ3) is 8.75. The summed E-state index contributed by atoms with van der Waals surface area (Å²) in [7, 11) is 1.45. The fourth-order valence-electron chi connectivity index (χ4n) is 4.52. The van der Waals surface area contributed by atoms with Crippen LogP contribution in [-0.4, -0.2) is 82.8 Å². The highest BCUT2D eigenvalue weighted by molar-refractivity contribution is 6.34. The lowest BCUT2D eigenvalue weighted by atomic mass is 9.94. The third-order valence-corrected chi connectivity index (χ3v) is 7.09. The number of halogens is 3. The van der Waals surface area contributed by atoms with Crippen molar-refractivity contribution >= 4 is 41.5 Å². The Hall–Kier alpha value is -5.11. The molecule has 4 rings (SSSR count). The summed E-state index contributed by atoms with van der Waals surface area (Å²) in [5.74, 6) is -4.99. The van der Waals surface area contributed by atoms with Gasteiger partial charge in [-0.1, -0.05) is 11.6 Å².